The number of benzene rings is 2. The Hall–Kier alpha value is -2.03. The minimum Gasteiger partial charge on any atom is -0.362 e. The number of halogens is 1. The molecule has 154 valence electrons. The van der Waals surface area contributed by atoms with E-state index in [1.54, 1.807) is 12.1 Å². The van der Waals surface area contributed by atoms with Crippen LogP contribution in [0.25, 0.3) is 0 Å². The number of sulfonamides is 1. The van der Waals surface area contributed by atoms with Crippen LogP contribution in [0.4, 0.5) is 5.69 Å². The first-order valence-electron chi connectivity index (χ1n) is 9.10. The molecule has 0 bridgehead atoms. The molecule has 1 amide bonds. The van der Waals surface area contributed by atoms with Gasteiger partial charge in [0.05, 0.1) is 10.6 Å². The lowest BCUT2D eigenvalue weighted by Crippen LogP contribution is -2.20. The van der Waals surface area contributed by atoms with E-state index >= 15 is 0 Å². The first-order valence-corrected chi connectivity index (χ1v) is 12.1. The summed E-state index contributed by atoms with van der Waals surface area (Å²) in [6.45, 7) is 0.804. The molecule has 1 saturated heterocycles. The van der Waals surface area contributed by atoms with Crippen LogP contribution < -0.4 is 5.32 Å². The Kier molecular flexibility index (Phi) is 7.21. The summed E-state index contributed by atoms with van der Waals surface area (Å²) < 4.78 is 29.1. The molecule has 0 radical (unpaired) electrons. The van der Waals surface area contributed by atoms with E-state index in [9.17, 15) is 13.2 Å². The van der Waals surface area contributed by atoms with Crippen LogP contribution in [-0.2, 0) is 20.6 Å². The lowest BCUT2D eigenvalue weighted by Gasteiger charge is -2.11. The minimum atomic E-state index is -3.81. The highest BCUT2D eigenvalue weighted by molar-refractivity contribution is 7.99. The number of hydrogen-bond donors (Lipinski definition) is 1. The monoisotopic (exact) mass is 451 g/mol. The first-order chi connectivity index (χ1) is 13.8. The number of likely N-dealkylation sites (tertiary alicyclic amines) is 1. The summed E-state index contributed by atoms with van der Waals surface area (Å²) in [7, 11) is -1.98. The van der Waals surface area contributed by atoms with Gasteiger partial charge in [0, 0.05) is 36.5 Å². The third-order valence-corrected chi connectivity index (χ3v) is 6.95. The molecule has 0 unspecified atom stereocenters. The quantitative estimate of drug-likeness (QED) is 0.687. The molecule has 1 aliphatic heterocycles. The van der Waals surface area contributed by atoms with Gasteiger partial charge in [-0.3, -0.25) is 4.79 Å². The van der Waals surface area contributed by atoms with Gasteiger partial charge in [-0.1, -0.05) is 29.8 Å². The molecule has 9 heteroatoms. The predicted molar refractivity (Wildman–Crippen MR) is 119 cm³/mol. The number of anilines is 1. The molecule has 0 spiro atoms. The number of nitrogens with zero attached hydrogens (tertiary/aromatic N) is 2. The molecule has 1 fully saturated rings. The third kappa shape index (κ3) is 6.22. The van der Waals surface area contributed by atoms with Gasteiger partial charge in [-0.2, -0.15) is 8.42 Å². The average molecular weight is 452 g/mol. The number of amides is 1. The molecule has 2 aromatic carbocycles. The average Bonchev–Trinajstić information content (AvgIpc) is 3.07. The SMILES string of the molecule is CN1CCCC1=NS(=O)(=O)c1cccc(NC(=O)CSCc2ccc(Cl)cc2)c1. The molecule has 6 nitrogen and oxygen atoms in total. The van der Waals surface area contributed by atoms with Crippen LogP contribution in [-0.4, -0.2) is 44.4 Å². The highest BCUT2D eigenvalue weighted by Crippen LogP contribution is 2.21. The van der Waals surface area contributed by atoms with Crippen molar-refractivity contribution in [3.05, 3.63) is 59.1 Å². The molecule has 0 aliphatic carbocycles. The van der Waals surface area contributed by atoms with Crippen LogP contribution in [0, 0.1) is 0 Å². The highest BCUT2D eigenvalue weighted by Gasteiger charge is 2.20. The number of rotatable bonds is 7. The fourth-order valence-corrected chi connectivity index (χ4v) is 4.93. The first kappa shape index (κ1) is 21.7. The summed E-state index contributed by atoms with van der Waals surface area (Å²) in [5.41, 5.74) is 1.51. The van der Waals surface area contributed by atoms with Crippen LogP contribution >= 0.6 is 23.4 Å². The molecular weight excluding hydrogens is 430 g/mol. The van der Waals surface area contributed by atoms with Gasteiger partial charge in [-0.05, 0) is 42.3 Å². The lowest BCUT2D eigenvalue weighted by atomic mass is 10.2. The second-order valence-electron chi connectivity index (χ2n) is 6.70. The van der Waals surface area contributed by atoms with Gasteiger partial charge in [0.2, 0.25) is 5.91 Å². The second-order valence-corrected chi connectivity index (χ2v) is 9.73. The zero-order valence-corrected chi connectivity index (χ0v) is 18.4. The van der Waals surface area contributed by atoms with Crippen molar-refractivity contribution in [1.29, 1.82) is 0 Å². The maximum atomic E-state index is 12.6. The van der Waals surface area contributed by atoms with E-state index in [2.05, 4.69) is 9.71 Å². The van der Waals surface area contributed by atoms with Crippen molar-refractivity contribution in [2.24, 2.45) is 4.40 Å². The Bertz CT molecular complexity index is 1010. The molecular formula is C20H22ClN3O3S2. The van der Waals surface area contributed by atoms with Gasteiger partial charge in [-0.25, -0.2) is 0 Å². The molecule has 0 saturated carbocycles. The van der Waals surface area contributed by atoms with Gasteiger partial charge in [-0.15, -0.1) is 16.2 Å². The van der Waals surface area contributed by atoms with Crippen molar-refractivity contribution in [2.75, 3.05) is 24.7 Å². The van der Waals surface area contributed by atoms with Crippen LogP contribution in [0.2, 0.25) is 5.02 Å². The zero-order chi connectivity index (χ0) is 20.9. The number of nitrogens with one attached hydrogen (secondary N) is 1. The summed E-state index contributed by atoms with van der Waals surface area (Å²) in [6.07, 6.45) is 1.55. The van der Waals surface area contributed by atoms with Gasteiger partial charge < -0.3 is 10.2 Å². The van der Waals surface area contributed by atoms with Crippen molar-refractivity contribution >= 4 is 50.8 Å². The number of thioether (sulfide) groups is 1. The summed E-state index contributed by atoms with van der Waals surface area (Å²) in [5.74, 6) is 1.31. The second kappa shape index (κ2) is 9.65. The smallest absolute Gasteiger partial charge is 0.284 e. The Morgan fingerprint density at radius 2 is 2.00 bits per heavy atom. The molecule has 1 aliphatic rings. The van der Waals surface area contributed by atoms with Gasteiger partial charge in [0.1, 0.15) is 5.84 Å². The van der Waals surface area contributed by atoms with Crippen LogP contribution in [0.15, 0.2) is 57.8 Å². The fraction of sp³-hybridized carbons (Fsp3) is 0.300. The topological polar surface area (TPSA) is 78.8 Å². The fourth-order valence-electron chi connectivity index (χ4n) is 2.87. The molecule has 29 heavy (non-hydrogen) atoms. The normalized spacial score (nSPS) is 15.7. The maximum Gasteiger partial charge on any atom is 0.284 e. The van der Waals surface area contributed by atoms with Crippen molar-refractivity contribution in [1.82, 2.24) is 4.90 Å². The summed E-state index contributed by atoms with van der Waals surface area (Å²) in [4.78, 5) is 14.1. The number of carbonyl (C=O) groups is 1. The highest BCUT2D eigenvalue weighted by atomic mass is 35.5. The van der Waals surface area contributed by atoms with Crippen molar-refractivity contribution in [3.8, 4) is 0 Å². The largest absolute Gasteiger partial charge is 0.362 e. The molecule has 1 heterocycles. The summed E-state index contributed by atoms with van der Waals surface area (Å²) in [5, 5.41) is 3.42. The molecule has 0 atom stereocenters. The molecule has 3 rings (SSSR count). The Balaban J connectivity index is 1.59. The number of carbonyl (C=O) groups excluding carboxylic acids is 1. The van der Waals surface area contributed by atoms with Gasteiger partial charge >= 0.3 is 0 Å². The van der Waals surface area contributed by atoms with E-state index < -0.39 is 10.0 Å². The van der Waals surface area contributed by atoms with E-state index in [-0.39, 0.29) is 16.6 Å². The minimum absolute atomic E-state index is 0.0666. The van der Waals surface area contributed by atoms with Gasteiger partial charge in [0.25, 0.3) is 10.0 Å². The standard InChI is InChI=1S/C20H22ClN3O3S2/c1-24-11-3-6-19(24)23-29(26,27)18-5-2-4-17(12-18)22-20(25)14-28-13-15-7-9-16(21)10-8-15/h2,4-5,7-10,12H,3,6,11,13-14H2,1H3,(H,22,25). The molecule has 0 aromatic heterocycles. The molecule has 2 aromatic rings. The van der Waals surface area contributed by atoms with Crippen LogP contribution in [0.1, 0.15) is 18.4 Å². The molecule has 1 N–H and O–H groups in total. The van der Waals surface area contributed by atoms with E-state index in [4.69, 9.17) is 11.6 Å². The third-order valence-electron chi connectivity index (χ3n) is 4.39. The predicted octanol–water partition coefficient (Wildman–Crippen LogP) is 4.02. The van der Waals surface area contributed by atoms with E-state index in [1.165, 1.54) is 23.9 Å². The van der Waals surface area contributed by atoms with Crippen molar-refractivity contribution < 1.29 is 13.2 Å². The van der Waals surface area contributed by atoms with E-state index in [0.29, 0.717) is 28.7 Å². The maximum absolute atomic E-state index is 12.6. The van der Waals surface area contributed by atoms with Gasteiger partial charge in [0.15, 0.2) is 0 Å². The Labute approximate surface area is 180 Å². The summed E-state index contributed by atoms with van der Waals surface area (Å²) >= 11 is 7.33. The van der Waals surface area contributed by atoms with Crippen molar-refractivity contribution in [3.63, 3.8) is 0 Å². The Morgan fingerprint density at radius 3 is 2.69 bits per heavy atom. The van der Waals surface area contributed by atoms with E-state index in [0.717, 1.165) is 18.5 Å². The lowest BCUT2D eigenvalue weighted by molar-refractivity contribution is -0.113. The summed E-state index contributed by atoms with van der Waals surface area (Å²) in [6, 6.07) is 13.7. The number of amidine groups is 1. The number of hydrogen-bond acceptors (Lipinski definition) is 4. The van der Waals surface area contributed by atoms with Crippen LogP contribution in [0.5, 0.6) is 0 Å². The zero-order valence-electron chi connectivity index (χ0n) is 16.0. The van der Waals surface area contributed by atoms with Crippen molar-refractivity contribution in [2.45, 2.75) is 23.5 Å². The van der Waals surface area contributed by atoms with Crippen LogP contribution in [0.3, 0.4) is 0 Å². The van der Waals surface area contributed by atoms with E-state index in [1.807, 2.05) is 36.2 Å². The Morgan fingerprint density at radius 1 is 1.24 bits per heavy atom.